The molecule has 0 atom stereocenters. The van der Waals surface area contributed by atoms with Gasteiger partial charge < -0.3 is 5.32 Å². The third-order valence-electron chi connectivity index (χ3n) is 5.57. The van der Waals surface area contributed by atoms with Crippen LogP contribution in [0.3, 0.4) is 0 Å². The molecule has 1 aliphatic rings. The molecule has 1 aromatic heterocycles. The average molecular weight is 393 g/mol. The number of amides is 1. The first-order valence-electron chi connectivity index (χ1n) is 10.00. The fraction of sp³-hybridized carbons (Fsp3) is 0.333. The Bertz CT molecular complexity index is 1020. The normalized spacial score (nSPS) is 15.0. The van der Waals surface area contributed by atoms with Gasteiger partial charge in [0.05, 0.1) is 16.8 Å². The van der Waals surface area contributed by atoms with Crippen LogP contribution in [0.4, 0.5) is 0 Å². The van der Waals surface area contributed by atoms with Crippen molar-refractivity contribution in [1.29, 1.82) is 0 Å². The van der Waals surface area contributed by atoms with Gasteiger partial charge in [0.25, 0.3) is 5.91 Å². The molecule has 1 N–H and O–H groups in total. The molecular formula is C24H25ClN2O. The van der Waals surface area contributed by atoms with E-state index in [9.17, 15) is 4.79 Å². The summed E-state index contributed by atoms with van der Waals surface area (Å²) in [5, 5.41) is 4.87. The summed E-state index contributed by atoms with van der Waals surface area (Å²) in [4.78, 5) is 18.1. The van der Waals surface area contributed by atoms with Crippen LogP contribution in [0.1, 0.15) is 53.6 Å². The fourth-order valence-electron chi connectivity index (χ4n) is 4.15. The van der Waals surface area contributed by atoms with Crippen molar-refractivity contribution in [3.05, 3.63) is 64.2 Å². The first-order valence-corrected chi connectivity index (χ1v) is 10.4. The van der Waals surface area contributed by atoms with Crippen molar-refractivity contribution in [2.45, 2.75) is 52.0 Å². The van der Waals surface area contributed by atoms with E-state index in [1.807, 2.05) is 30.3 Å². The molecule has 0 saturated heterocycles. The molecule has 2 aromatic carbocycles. The Morgan fingerprint density at radius 2 is 1.75 bits per heavy atom. The maximum Gasteiger partial charge on any atom is 0.252 e. The molecule has 3 aromatic rings. The number of hydrogen-bond donors (Lipinski definition) is 1. The lowest BCUT2D eigenvalue weighted by molar-refractivity contribution is 0.0929. The summed E-state index contributed by atoms with van der Waals surface area (Å²) in [5.74, 6) is -0.000450. The maximum atomic E-state index is 13.2. The van der Waals surface area contributed by atoms with Gasteiger partial charge in [0.2, 0.25) is 0 Å². The van der Waals surface area contributed by atoms with Crippen molar-refractivity contribution in [1.82, 2.24) is 10.3 Å². The SMILES string of the molecule is Cc1cc(C)c2nc(-c3ccc(Cl)cc3)cc(C(=O)NC3CCCCC3)c2c1. The number of pyridine rings is 1. The number of nitrogens with one attached hydrogen (secondary N) is 1. The van der Waals surface area contributed by atoms with Crippen LogP contribution in [0.15, 0.2) is 42.5 Å². The van der Waals surface area contributed by atoms with Crippen molar-refractivity contribution in [3.63, 3.8) is 0 Å². The number of aromatic nitrogens is 1. The van der Waals surface area contributed by atoms with E-state index in [0.29, 0.717) is 10.6 Å². The number of benzene rings is 2. The van der Waals surface area contributed by atoms with E-state index in [1.165, 1.54) is 19.3 Å². The number of rotatable bonds is 3. The largest absolute Gasteiger partial charge is 0.349 e. The highest BCUT2D eigenvalue weighted by Crippen LogP contribution is 2.29. The zero-order valence-electron chi connectivity index (χ0n) is 16.4. The molecule has 1 fully saturated rings. The number of fused-ring (bicyclic) bond motifs is 1. The average Bonchev–Trinajstić information content (AvgIpc) is 2.68. The van der Waals surface area contributed by atoms with Gasteiger partial charge in [-0.1, -0.05) is 54.6 Å². The zero-order valence-corrected chi connectivity index (χ0v) is 17.1. The predicted molar refractivity (Wildman–Crippen MR) is 116 cm³/mol. The first kappa shape index (κ1) is 18.9. The molecule has 3 nitrogen and oxygen atoms in total. The molecule has 1 amide bonds. The second kappa shape index (κ2) is 7.92. The van der Waals surface area contributed by atoms with Crippen LogP contribution >= 0.6 is 11.6 Å². The summed E-state index contributed by atoms with van der Waals surface area (Å²) in [7, 11) is 0. The van der Waals surface area contributed by atoms with Crippen LogP contribution in [-0.2, 0) is 0 Å². The van der Waals surface area contributed by atoms with Crippen LogP contribution < -0.4 is 5.32 Å². The Hall–Kier alpha value is -2.39. The van der Waals surface area contributed by atoms with Crippen molar-refractivity contribution < 1.29 is 4.79 Å². The van der Waals surface area contributed by atoms with Crippen LogP contribution in [-0.4, -0.2) is 16.9 Å². The molecule has 0 radical (unpaired) electrons. The third kappa shape index (κ3) is 3.90. The highest BCUT2D eigenvalue weighted by Gasteiger charge is 2.20. The monoisotopic (exact) mass is 392 g/mol. The van der Waals surface area contributed by atoms with Crippen LogP contribution in [0.2, 0.25) is 5.02 Å². The van der Waals surface area contributed by atoms with Gasteiger partial charge in [-0.25, -0.2) is 4.98 Å². The van der Waals surface area contributed by atoms with E-state index >= 15 is 0 Å². The van der Waals surface area contributed by atoms with E-state index in [0.717, 1.165) is 46.1 Å². The van der Waals surface area contributed by atoms with Gasteiger partial charge in [0.15, 0.2) is 0 Å². The Morgan fingerprint density at radius 1 is 1.04 bits per heavy atom. The van der Waals surface area contributed by atoms with Crippen LogP contribution in [0, 0.1) is 13.8 Å². The van der Waals surface area contributed by atoms with Crippen molar-refractivity contribution >= 4 is 28.4 Å². The van der Waals surface area contributed by atoms with E-state index < -0.39 is 0 Å². The minimum atomic E-state index is -0.000450. The summed E-state index contributed by atoms with van der Waals surface area (Å²) in [6.45, 7) is 4.11. The van der Waals surface area contributed by atoms with E-state index in [2.05, 4.69) is 31.3 Å². The molecule has 28 heavy (non-hydrogen) atoms. The third-order valence-corrected chi connectivity index (χ3v) is 5.83. The van der Waals surface area contributed by atoms with Gasteiger partial charge in [-0.2, -0.15) is 0 Å². The Labute approximate surface area is 171 Å². The van der Waals surface area contributed by atoms with Crippen molar-refractivity contribution in [2.24, 2.45) is 0 Å². The highest BCUT2D eigenvalue weighted by atomic mass is 35.5. The van der Waals surface area contributed by atoms with Gasteiger partial charge in [-0.15, -0.1) is 0 Å². The molecule has 4 heteroatoms. The van der Waals surface area contributed by atoms with Gasteiger partial charge in [-0.3, -0.25) is 4.79 Å². The molecule has 0 unspecified atom stereocenters. The molecule has 1 heterocycles. The molecule has 0 spiro atoms. The highest BCUT2D eigenvalue weighted by molar-refractivity contribution is 6.30. The Kier molecular flexibility index (Phi) is 5.36. The molecule has 144 valence electrons. The standard InChI is InChI=1S/C24H25ClN2O/c1-15-12-16(2)23-20(13-15)21(24(28)26-19-6-4-3-5-7-19)14-22(27-23)17-8-10-18(25)11-9-17/h8-14,19H,3-7H2,1-2H3,(H,26,28). The lowest BCUT2D eigenvalue weighted by Gasteiger charge is -2.23. The predicted octanol–water partition coefficient (Wildman–Crippen LogP) is 6.23. The molecule has 4 rings (SSSR count). The minimum absolute atomic E-state index is 0.000450. The summed E-state index contributed by atoms with van der Waals surface area (Å²) < 4.78 is 0. The number of hydrogen-bond acceptors (Lipinski definition) is 2. The van der Waals surface area contributed by atoms with Gasteiger partial charge >= 0.3 is 0 Å². The van der Waals surface area contributed by atoms with E-state index in [4.69, 9.17) is 16.6 Å². The first-order chi connectivity index (χ1) is 13.5. The van der Waals surface area contributed by atoms with Crippen molar-refractivity contribution in [3.8, 4) is 11.3 Å². The van der Waals surface area contributed by atoms with Crippen LogP contribution in [0.25, 0.3) is 22.2 Å². The smallest absolute Gasteiger partial charge is 0.252 e. The second-order valence-electron chi connectivity index (χ2n) is 7.85. The Morgan fingerprint density at radius 3 is 2.46 bits per heavy atom. The number of carbonyl (C=O) groups is 1. The Balaban J connectivity index is 1.82. The van der Waals surface area contributed by atoms with Gasteiger partial charge in [0.1, 0.15) is 0 Å². The van der Waals surface area contributed by atoms with Gasteiger partial charge in [0, 0.05) is 22.0 Å². The quantitative estimate of drug-likeness (QED) is 0.573. The topological polar surface area (TPSA) is 42.0 Å². The molecule has 1 aliphatic carbocycles. The summed E-state index contributed by atoms with van der Waals surface area (Å²) >= 11 is 6.04. The molecular weight excluding hydrogens is 368 g/mol. The number of halogens is 1. The maximum absolute atomic E-state index is 13.2. The summed E-state index contributed by atoms with van der Waals surface area (Å²) in [6, 6.07) is 14.0. The number of carbonyl (C=O) groups excluding carboxylic acids is 1. The summed E-state index contributed by atoms with van der Waals surface area (Å²) in [6.07, 6.45) is 5.78. The van der Waals surface area contributed by atoms with E-state index in [-0.39, 0.29) is 11.9 Å². The number of aryl methyl sites for hydroxylation is 2. The molecule has 0 bridgehead atoms. The van der Waals surface area contributed by atoms with Crippen LogP contribution in [0.5, 0.6) is 0 Å². The van der Waals surface area contributed by atoms with Crippen molar-refractivity contribution in [2.75, 3.05) is 0 Å². The second-order valence-corrected chi connectivity index (χ2v) is 8.28. The van der Waals surface area contributed by atoms with Gasteiger partial charge in [-0.05, 0) is 56.5 Å². The lowest BCUT2D eigenvalue weighted by atomic mass is 9.94. The fourth-order valence-corrected chi connectivity index (χ4v) is 4.27. The van der Waals surface area contributed by atoms with E-state index in [1.54, 1.807) is 0 Å². The molecule has 1 saturated carbocycles. The minimum Gasteiger partial charge on any atom is -0.349 e. The lowest BCUT2D eigenvalue weighted by Crippen LogP contribution is -2.36. The molecule has 0 aliphatic heterocycles. The zero-order chi connectivity index (χ0) is 19.7. The number of nitrogens with zero attached hydrogens (tertiary/aromatic N) is 1. The summed E-state index contributed by atoms with van der Waals surface area (Å²) in [5.41, 5.74) is 5.55.